The van der Waals surface area contributed by atoms with Crippen LogP contribution in [0.5, 0.6) is 11.5 Å². The number of piperidine rings is 1. The summed E-state index contributed by atoms with van der Waals surface area (Å²) in [6, 6.07) is 6.01. The van der Waals surface area contributed by atoms with E-state index in [1.807, 2.05) is 13.0 Å². The number of rotatable bonds is 5. The minimum absolute atomic E-state index is 0.186. The molecule has 1 aliphatic rings. The normalized spacial score (nSPS) is 18.8. The van der Waals surface area contributed by atoms with Crippen molar-refractivity contribution in [1.29, 1.82) is 0 Å². The summed E-state index contributed by atoms with van der Waals surface area (Å²) in [5.41, 5.74) is 1.21. The van der Waals surface area contributed by atoms with Gasteiger partial charge in [0.25, 0.3) is 0 Å². The first-order valence-electron chi connectivity index (χ1n) is 7.24. The molecule has 0 spiro atoms. The number of hydrogen-bond donors (Lipinski definition) is 1. The minimum atomic E-state index is -0.186. The van der Waals surface area contributed by atoms with Crippen LogP contribution in [0.4, 0.5) is 0 Å². The Labute approximate surface area is 121 Å². The fraction of sp³-hybridized carbons (Fsp3) is 0.625. The van der Waals surface area contributed by atoms with E-state index >= 15 is 0 Å². The van der Waals surface area contributed by atoms with Crippen molar-refractivity contribution in [3.05, 3.63) is 23.8 Å². The number of methoxy groups -OCH3 is 2. The Morgan fingerprint density at radius 1 is 1.15 bits per heavy atom. The van der Waals surface area contributed by atoms with E-state index < -0.39 is 0 Å². The number of ether oxygens (including phenoxy) is 2. The molecule has 0 amide bonds. The van der Waals surface area contributed by atoms with Gasteiger partial charge < -0.3 is 14.6 Å². The van der Waals surface area contributed by atoms with Crippen LogP contribution < -0.4 is 9.47 Å². The summed E-state index contributed by atoms with van der Waals surface area (Å²) in [5, 5.41) is 9.64. The van der Waals surface area contributed by atoms with Gasteiger partial charge in [0.05, 0.1) is 20.3 Å². The molecule has 0 radical (unpaired) electrons. The van der Waals surface area contributed by atoms with Crippen LogP contribution in [0.25, 0.3) is 0 Å². The van der Waals surface area contributed by atoms with Gasteiger partial charge in [0, 0.05) is 12.6 Å². The van der Waals surface area contributed by atoms with Crippen molar-refractivity contribution in [3.8, 4) is 11.5 Å². The molecule has 4 nitrogen and oxygen atoms in total. The van der Waals surface area contributed by atoms with E-state index in [1.165, 1.54) is 5.56 Å². The van der Waals surface area contributed by atoms with E-state index in [0.29, 0.717) is 5.92 Å². The predicted molar refractivity (Wildman–Crippen MR) is 79.2 cm³/mol. The fourth-order valence-electron chi connectivity index (χ4n) is 2.81. The largest absolute Gasteiger partial charge is 0.497 e. The van der Waals surface area contributed by atoms with Crippen LogP contribution in [0.2, 0.25) is 0 Å². The van der Waals surface area contributed by atoms with E-state index in [1.54, 1.807) is 14.2 Å². The Kier molecular flexibility index (Phi) is 5.26. The summed E-state index contributed by atoms with van der Waals surface area (Å²) in [6.07, 6.45) is 1.95. The van der Waals surface area contributed by atoms with Gasteiger partial charge in [-0.15, -0.1) is 0 Å². The summed E-state index contributed by atoms with van der Waals surface area (Å²) in [5.74, 6) is 2.11. The molecule has 0 unspecified atom stereocenters. The molecule has 0 aromatic heterocycles. The average molecular weight is 279 g/mol. The quantitative estimate of drug-likeness (QED) is 0.898. The molecule has 1 aromatic carbocycles. The Bertz CT molecular complexity index is 403. The maximum Gasteiger partial charge on any atom is 0.122 e. The van der Waals surface area contributed by atoms with E-state index in [4.69, 9.17) is 9.47 Å². The van der Waals surface area contributed by atoms with E-state index in [2.05, 4.69) is 17.0 Å². The lowest BCUT2D eigenvalue weighted by Crippen LogP contribution is -2.36. The molecule has 20 heavy (non-hydrogen) atoms. The summed E-state index contributed by atoms with van der Waals surface area (Å²) in [7, 11) is 3.35. The third kappa shape index (κ3) is 3.87. The summed E-state index contributed by atoms with van der Waals surface area (Å²) < 4.78 is 10.6. The number of aliphatic hydroxyl groups excluding tert-OH is 1. The SMILES string of the molecule is COc1cc(CN2CCC([C@H](C)O)CC2)cc(OC)c1. The molecular weight excluding hydrogens is 254 g/mol. The van der Waals surface area contributed by atoms with Crippen molar-refractivity contribution in [2.75, 3.05) is 27.3 Å². The fourth-order valence-corrected chi connectivity index (χ4v) is 2.81. The average Bonchev–Trinajstić information content (AvgIpc) is 2.47. The van der Waals surface area contributed by atoms with Crippen LogP contribution in [-0.4, -0.2) is 43.4 Å². The molecule has 0 saturated carbocycles. The Morgan fingerprint density at radius 2 is 1.70 bits per heavy atom. The Morgan fingerprint density at radius 3 is 2.15 bits per heavy atom. The number of aliphatic hydroxyl groups is 1. The highest BCUT2D eigenvalue weighted by molar-refractivity contribution is 5.38. The minimum Gasteiger partial charge on any atom is -0.497 e. The molecule has 0 bridgehead atoms. The highest BCUT2D eigenvalue weighted by Gasteiger charge is 2.22. The van der Waals surface area contributed by atoms with Gasteiger partial charge in [-0.2, -0.15) is 0 Å². The van der Waals surface area contributed by atoms with Gasteiger partial charge in [0.1, 0.15) is 11.5 Å². The number of benzene rings is 1. The molecule has 1 fully saturated rings. The second-order valence-corrected chi connectivity index (χ2v) is 5.58. The summed E-state index contributed by atoms with van der Waals surface area (Å²) in [4.78, 5) is 2.42. The van der Waals surface area contributed by atoms with Gasteiger partial charge in [-0.3, -0.25) is 4.90 Å². The molecule has 4 heteroatoms. The molecule has 1 aromatic rings. The highest BCUT2D eigenvalue weighted by Crippen LogP contribution is 2.26. The van der Waals surface area contributed by atoms with Crippen LogP contribution in [0.1, 0.15) is 25.3 Å². The lowest BCUT2D eigenvalue weighted by Gasteiger charge is -2.33. The van der Waals surface area contributed by atoms with Crippen molar-refractivity contribution in [2.45, 2.75) is 32.4 Å². The molecular formula is C16H25NO3. The highest BCUT2D eigenvalue weighted by atomic mass is 16.5. The Balaban J connectivity index is 1.97. The molecule has 1 heterocycles. The smallest absolute Gasteiger partial charge is 0.122 e. The second kappa shape index (κ2) is 6.95. The third-order valence-corrected chi connectivity index (χ3v) is 4.13. The van der Waals surface area contributed by atoms with E-state index in [-0.39, 0.29) is 6.10 Å². The van der Waals surface area contributed by atoms with Crippen molar-refractivity contribution in [3.63, 3.8) is 0 Å². The van der Waals surface area contributed by atoms with Crippen LogP contribution in [0, 0.1) is 5.92 Å². The van der Waals surface area contributed by atoms with Crippen molar-refractivity contribution >= 4 is 0 Å². The molecule has 1 atom stereocenters. The lowest BCUT2D eigenvalue weighted by molar-refractivity contribution is 0.0695. The summed E-state index contributed by atoms with van der Waals surface area (Å²) in [6.45, 7) is 4.87. The monoisotopic (exact) mass is 279 g/mol. The van der Waals surface area contributed by atoms with Crippen LogP contribution in [0.3, 0.4) is 0 Å². The predicted octanol–water partition coefficient (Wildman–Crippen LogP) is 2.30. The van der Waals surface area contributed by atoms with Gasteiger partial charge in [0.15, 0.2) is 0 Å². The zero-order valence-corrected chi connectivity index (χ0v) is 12.6. The molecule has 1 saturated heterocycles. The number of nitrogens with zero attached hydrogens (tertiary/aromatic N) is 1. The molecule has 2 rings (SSSR count). The standard InChI is InChI=1S/C16H25NO3/c1-12(18)14-4-6-17(7-5-14)11-13-8-15(19-2)10-16(9-13)20-3/h8-10,12,14,18H,4-7,11H2,1-3H3/t12-/m0/s1. The van der Waals surface area contributed by atoms with Gasteiger partial charge >= 0.3 is 0 Å². The van der Waals surface area contributed by atoms with Crippen molar-refractivity contribution in [2.24, 2.45) is 5.92 Å². The van der Waals surface area contributed by atoms with Crippen molar-refractivity contribution < 1.29 is 14.6 Å². The molecule has 1 N–H and O–H groups in total. The maximum absolute atomic E-state index is 9.64. The number of likely N-dealkylation sites (tertiary alicyclic amines) is 1. The summed E-state index contributed by atoms with van der Waals surface area (Å²) >= 11 is 0. The second-order valence-electron chi connectivity index (χ2n) is 5.58. The first-order valence-corrected chi connectivity index (χ1v) is 7.24. The Hall–Kier alpha value is -1.26. The van der Waals surface area contributed by atoms with E-state index in [9.17, 15) is 5.11 Å². The van der Waals surface area contributed by atoms with E-state index in [0.717, 1.165) is 44.0 Å². The van der Waals surface area contributed by atoms with Gasteiger partial charge in [0.2, 0.25) is 0 Å². The third-order valence-electron chi connectivity index (χ3n) is 4.13. The zero-order chi connectivity index (χ0) is 14.5. The topological polar surface area (TPSA) is 41.9 Å². The first-order chi connectivity index (χ1) is 9.62. The van der Waals surface area contributed by atoms with Crippen molar-refractivity contribution in [1.82, 2.24) is 4.90 Å². The van der Waals surface area contributed by atoms with Gasteiger partial charge in [-0.1, -0.05) is 0 Å². The van der Waals surface area contributed by atoms with Gasteiger partial charge in [-0.05, 0) is 56.5 Å². The lowest BCUT2D eigenvalue weighted by atomic mass is 9.92. The molecule has 0 aliphatic carbocycles. The van der Waals surface area contributed by atoms with Crippen LogP contribution in [-0.2, 0) is 6.54 Å². The molecule has 1 aliphatic heterocycles. The van der Waals surface area contributed by atoms with Crippen LogP contribution in [0.15, 0.2) is 18.2 Å². The zero-order valence-electron chi connectivity index (χ0n) is 12.6. The molecule has 112 valence electrons. The van der Waals surface area contributed by atoms with Gasteiger partial charge in [-0.25, -0.2) is 0 Å². The maximum atomic E-state index is 9.64. The number of hydrogen-bond acceptors (Lipinski definition) is 4. The van der Waals surface area contributed by atoms with Crippen LogP contribution >= 0.6 is 0 Å². The first kappa shape index (κ1) is 15.1.